The second-order valence-corrected chi connectivity index (χ2v) is 3.94. The molecule has 0 fully saturated rings. The van der Waals surface area contributed by atoms with Gasteiger partial charge in [0.25, 0.3) is 0 Å². The average Bonchev–Trinajstić information content (AvgIpc) is 2.40. The quantitative estimate of drug-likeness (QED) is 0.522. The summed E-state index contributed by atoms with van der Waals surface area (Å²) in [5.74, 6) is -0.286. The number of rotatable bonds is 3. The SMILES string of the molecule is C=C(C)C(=O)OC.C=C(C)C(=O)Oc1ccc(O)cc1. The maximum absolute atomic E-state index is 11.0. The minimum Gasteiger partial charge on any atom is -0.508 e. The number of phenols is 1. The maximum atomic E-state index is 11.0. The van der Waals surface area contributed by atoms with Crippen LogP contribution in [0.1, 0.15) is 13.8 Å². The highest BCUT2D eigenvalue weighted by molar-refractivity contribution is 5.88. The zero-order valence-electron chi connectivity index (χ0n) is 11.8. The Labute approximate surface area is 118 Å². The molecule has 0 aliphatic heterocycles. The van der Waals surface area contributed by atoms with Gasteiger partial charge < -0.3 is 14.6 Å². The van der Waals surface area contributed by atoms with E-state index < -0.39 is 5.97 Å². The third kappa shape index (κ3) is 7.00. The van der Waals surface area contributed by atoms with E-state index in [9.17, 15) is 9.59 Å². The Hall–Kier alpha value is -2.56. The highest BCUT2D eigenvalue weighted by atomic mass is 16.5. The molecule has 0 saturated heterocycles. The van der Waals surface area contributed by atoms with Gasteiger partial charge in [0.05, 0.1) is 7.11 Å². The maximum Gasteiger partial charge on any atom is 0.338 e. The van der Waals surface area contributed by atoms with Crippen molar-refractivity contribution in [2.75, 3.05) is 7.11 Å². The molecule has 1 aromatic rings. The van der Waals surface area contributed by atoms with Crippen molar-refractivity contribution in [2.45, 2.75) is 13.8 Å². The van der Waals surface area contributed by atoms with E-state index in [2.05, 4.69) is 17.9 Å². The molecule has 108 valence electrons. The third-order valence-corrected chi connectivity index (χ3v) is 1.93. The minimum atomic E-state index is -0.467. The molecule has 1 rings (SSSR count). The lowest BCUT2D eigenvalue weighted by Crippen LogP contribution is -2.07. The molecule has 0 amide bonds. The van der Waals surface area contributed by atoms with E-state index in [-0.39, 0.29) is 11.7 Å². The first kappa shape index (κ1) is 17.4. The van der Waals surface area contributed by atoms with Crippen molar-refractivity contribution in [3.05, 3.63) is 48.6 Å². The van der Waals surface area contributed by atoms with Gasteiger partial charge in [-0.2, -0.15) is 0 Å². The van der Waals surface area contributed by atoms with E-state index in [1.165, 1.54) is 31.4 Å². The first-order valence-electron chi connectivity index (χ1n) is 5.68. The van der Waals surface area contributed by atoms with Crippen molar-refractivity contribution in [3.63, 3.8) is 0 Å². The first-order valence-corrected chi connectivity index (χ1v) is 5.68. The molecule has 0 aliphatic carbocycles. The van der Waals surface area contributed by atoms with E-state index in [0.29, 0.717) is 16.9 Å². The van der Waals surface area contributed by atoms with Crippen molar-refractivity contribution in [3.8, 4) is 11.5 Å². The summed E-state index contributed by atoms with van der Waals surface area (Å²) in [5, 5.41) is 8.94. The van der Waals surface area contributed by atoms with E-state index in [4.69, 9.17) is 9.84 Å². The topological polar surface area (TPSA) is 72.8 Å². The molecule has 0 atom stereocenters. The third-order valence-electron chi connectivity index (χ3n) is 1.93. The summed E-state index contributed by atoms with van der Waals surface area (Å²) in [4.78, 5) is 21.2. The van der Waals surface area contributed by atoms with Crippen LogP contribution in [0.4, 0.5) is 0 Å². The highest BCUT2D eigenvalue weighted by Crippen LogP contribution is 2.16. The lowest BCUT2D eigenvalue weighted by Gasteiger charge is -2.02. The second-order valence-electron chi connectivity index (χ2n) is 3.94. The number of ether oxygens (including phenoxy) is 2. The molecule has 0 spiro atoms. The lowest BCUT2D eigenvalue weighted by molar-refractivity contribution is -0.136. The van der Waals surface area contributed by atoms with Crippen molar-refractivity contribution in [1.82, 2.24) is 0 Å². The van der Waals surface area contributed by atoms with Crippen molar-refractivity contribution >= 4 is 11.9 Å². The van der Waals surface area contributed by atoms with Gasteiger partial charge in [0.2, 0.25) is 0 Å². The molecule has 0 aromatic heterocycles. The molecule has 1 aromatic carbocycles. The van der Waals surface area contributed by atoms with E-state index in [0.717, 1.165) is 0 Å². The molecule has 20 heavy (non-hydrogen) atoms. The van der Waals surface area contributed by atoms with Crippen LogP contribution in [0.2, 0.25) is 0 Å². The number of aromatic hydroxyl groups is 1. The van der Waals surface area contributed by atoms with Crippen LogP contribution < -0.4 is 4.74 Å². The Morgan fingerprint density at radius 3 is 1.75 bits per heavy atom. The minimum absolute atomic E-state index is 0.134. The van der Waals surface area contributed by atoms with Crippen LogP contribution >= 0.6 is 0 Å². The fourth-order valence-corrected chi connectivity index (χ4v) is 0.883. The summed E-state index contributed by atoms with van der Waals surface area (Å²) in [6.45, 7) is 9.97. The predicted molar refractivity (Wildman–Crippen MR) is 75.4 cm³/mol. The number of esters is 2. The largest absolute Gasteiger partial charge is 0.508 e. The molecule has 0 bridgehead atoms. The smallest absolute Gasteiger partial charge is 0.338 e. The van der Waals surface area contributed by atoms with Crippen LogP contribution in [0.25, 0.3) is 0 Å². The number of hydrogen-bond acceptors (Lipinski definition) is 5. The van der Waals surface area contributed by atoms with E-state index >= 15 is 0 Å². The Morgan fingerprint density at radius 1 is 1.00 bits per heavy atom. The number of hydrogen-bond donors (Lipinski definition) is 1. The first-order chi connectivity index (χ1) is 9.27. The molecule has 0 saturated carbocycles. The molecule has 0 heterocycles. The van der Waals surface area contributed by atoms with Crippen LogP contribution in [0.15, 0.2) is 48.6 Å². The van der Waals surface area contributed by atoms with Crippen LogP contribution in [-0.2, 0) is 14.3 Å². The normalized spacial score (nSPS) is 8.75. The summed E-state index contributed by atoms with van der Waals surface area (Å²) in [6.07, 6.45) is 0. The fourth-order valence-electron chi connectivity index (χ4n) is 0.883. The Kier molecular flexibility index (Phi) is 7.43. The Bertz CT molecular complexity index is 500. The van der Waals surface area contributed by atoms with Crippen LogP contribution in [0.3, 0.4) is 0 Å². The molecule has 0 unspecified atom stereocenters. The number of phenolic OH excluding ortho intramolecular Hbond substituents is 1. The van der Waals surface area contributed by atoms with Gasteiger partial charge in [-0.1, -0.05) is 13.2 Å². The van der Waals surface area contributed by atoms with Crippen LogP contribution in [0.5, 0.6) is 11.5 Å². The van der Waals surface area contributed by atoms with Gasteiger partial charge in [0, 0.05) is 11.1 Å². The molecule has 5 heteroatoms. The standard InChI is InChI=1S/C10H10O3.C5H8O2/c1-7(2)10(12)13-9-5-3-8(11)4-6-9;1-4(2)5(6)7-3/h3-6,11H,1H2,2H3;1H2,2-3H3. The van der Waals surface area contributed by atoms with Crippen molar-refractivity contribution in [1.29, 1.82) is 0 Å². The summed E-state index contributed by atoms with van der Waals surface area (Å²) >= 11 is 0. The number of carbonyl (C=O) groups is 2. The monoisotopic (exact) mass is 278 g/mol. The molecular weight excluding hydrogens is 260 g/mol. The zero-order valence-corrected chi connectivity index (χ0v) is 11.8. The molecular formula is C15H18O5. The summed E-state index contributed by atoms with van der Waals surface area (Å²) in [7, 11) is 1.33. The van der Waals surface area contributed by atoms with Crippen molar-refractivity contribution in [2.24, 2.45) is 0 Å². The van der Waals surface area contributed by atoms with Gasteiger partial charge in [-0.05, 0) is 38.1 Å². The summed E-state index contributed by atoms with van der Waals surface area (Å²) in [6, 6.07) is 5.91. The van der Waals surface area contributed by atoms with Crippen LogP contribution in [0, 0.1) is 0 Å². The second kappa shape index (κ2) is 8.53. The zero-order chi connectivity index (χ0) is 15.7. The van der Waals surface area contributed by atoms with Crippen molar-refractivity contribution < 1.29 is 24.2 Å². The number of benzene rings is 1. The van der Waals surface area contributed by atoms with Gasteiger partial charge in [0.15, 0.2) is 0 Å². The average molecular weight is 278 g/mol. The van der Waals surface area contributed by atoms with E-state index in [1.807, 2.05) is 0 Å². The van der Waals surface area contributed by atoms with Gasteiger partial charge in [0.1, 0.15) is 11.5 Å². The predicted octanol–water partition coefficient (Wildman–Crippen LogP) is 2.61. The summed E-state index contributed by atoms with van der Waals surface area (Å²) < 4.78 is 9.15. The lowest BCUT2D eigenvalue weighted by atomic mass is 10.3. The van der Waals surface area contributed by atoms with Crippen LogP contribution in [-0.4, -0.2) is 24.2 Å². The molecule has 1 N–H and O–H groups in total. The Balaban J connectivity index is 0.000000441. The van der Waals surface area contributed by atoms with Gasteiger partial charge in [-0.25, -0.2) is 9.59 Å². The summed E-state index contributed by atoms with van der Waals surface area (Å²) in [5.41, 5.74) is 0.774. The molecule has 0 radical (unpaired) electrons. The van der Waals surface area contributed by atoms with Gasteiger partial charge in [-0.3, -0.25) is 0 Å². The number of methoxy groups -OCH3 is 1. The molecule has 5 nitrogen and oxygen atoms in total. The Morgan fingerprint density at radius 2 is 1.45 bits per heavy atom. The van der Waals surface area contributed by atoms with Gasteiger partial charge >= 0.3 is 11.9 Å². The fraction of sp³-hybridized carbons (Fsp3) is 0.200. The van der Waals surface area contributed by atoms with E-state index in [1.54, 1.807) is 13.8 Å². The number of carbonyl (C=O) groups excluding carboxylic acids is 2. The molecule has 0 aliphatic rings. The highest BCUT2D eigenvalue weighted by Gasteiger charge is 2.04. The van der Waals surface area contributed by atoms with Gasteiger partial charge in [-0.15, -0.1) is 0 Å².